The van der Waals surface area contributed by atoms with Crippen LogP contribution in [-0.4, -0.2) is 28.6 Å². The molecular weight excluding hydrogens is 270 g/mol. The lowest BCUT2D eigenvalue weighted by Gasteiger charge is -2.36. The van der Waals surface area contributed by atoms with Gasteiger partial charge in [-0.2, -0.15) is 11.8 Å². The normalized spacial score (nSPS) is 17.9. The van der Waals surface area contributed by atoms with Crippen LogP contribution in [0.15, 0.2) is 24.3 Å². The molecule has 2 rings (SSSR count). The quantitative estimate of drug-likeness (QED) is 0.842. The van der Waals surface area contributed by atoms with Crippen molar-refractivity contribution in [2.24, 2.45) is 0 Å². The molecule has 0 heterocycles. The van der Waals surface area contributed by atoms with E-state index in [9.17, 15) is 4.79 Å². The summed E-state index contributed by atoms with van der Waals surface area (Å²) in [5, 5.41) is 12.4. The SMILES string of the molecule is CSC1(CNCc2ccc(C(=O)O)cc2)CCCCC1. The Labute approximate surface area is 125 Å². The minimum absolute atomic E-state index is 0.349. The molecule has 2 N–H and O–H groups in total. The van der Waals surface area contributed by atoms with Gasteiger partial charge in [0.05, 0.1) is 5.56 Å². The summed E-state index contributed by atoms with van der Waals surface area (Å²) in [5.74, 6) is -0.868. The van der Waals surface area contributed by atoms with Crippen LogP contribution in [0.1, 0.15) is 48.0 Å². The highest BCUT2D eigenvalue weighted by atomic mass is 32.2. The summed E-state index contributed by atoms with van der Waals surface area (Å²) in [4.78, 5) is 10.8. The molecule has 4 heteroatoms. The Hall–Kier alpha value is -1.00. The Balaban J connectivity index is 1.84. The first kappa shape index (κ1) is 15.4. The third kappa shape index (κ3) is 4.00. The lowest BCUT2D eigenvalue weighted by atomic mass is 9.88. The van der Waals surface area contributed by atoms with E-state index in [0.717, 1.165) is 18.7 Å². The number of rotatable bonds is 6. The molecule has 0 amide bonds. The largest absolute Gasteiger partial charge is 0.478 e. The highest BCUT2D eigenvalue weighted by Gasteiger charge is 2.30. The van der Waals surface area contributed by atoms with Gasteiger partial charge >= 0.3 is 5.97 Å². The van der Waals surface area contributed by atoms with Crippen molar-refractivity contribution in [3.8, 4) is 0 Å². The minimum atomic E-state index is -0.868. The smallest absolute Gasteiger partial charge is 0.335 e. The molecule has 0 unspecified atom stereocenters. The van der Waals surface area contributed by atoms with Gasteiger partial charge in [0.2, 0.25) is 0 Å². The highest BCUT2D eigenvalue weighted by Crippen LogP contribution is 2.37. The van der Waals surface area contributed by atoms with Crippen molar-refractivity contribution >= 4 is 17.7 Å². The van der Waals surface area contributed by atoms with Gasteiger partial charge in [0, 0.05) is 17.8 Å². The van der Waals surface area contributed by atoms with Gasteiger partial charge < -0.3 is 10.4 Å². The van der Waals surface area contributed by atoms with Gasteiger partial charge in [-0.25, -0.2) is 4.79 Å². The summed E-state index contributed by atoms with van der Waals surface area (Å²) in [7, 11) is 0. The van der Waals surface area contributed by atoms with Crippen molar-refractivity contribution in [1.82, 2.24) is 5.32 Å². The third-order valence-corrected chi connectivity index (χ3v) is 5.59. The molecule has 1 aromatic rings. The van der Waals surface area contributed by atoms with E-state index in [4.69, 9.17) is 5.11 Å². The first-order valence-corrected chi connectivity index (χ1v) is 8.46. The first-order valence-electron chi connectivity index (χ1n) is 7.23. The Morgan fingerprint density at radius 2 is 1.90 bits per heavy atom. The maximum Gasteiger partial charge on any atom is 0.335 e. The van der Waals surface area contributed by atoms with E-state index in [1.54, 1.807) is 12.1 Å². The van der Waals surface area contributed by atoms with Crippen molar-refractivity contribution in [3.63, 3.8) is 0 Å². The molecule has 20 heavy (non-hydrogen) atoms. The standard InChI is InChI=1S/C16H23NO2S/c1-20-16(9-3-2-4-10-16)12-17-11-13-5-7-14(8-6-13)15(18)19/h5-8,17H,2-4,9-12H2,1H3,(H,18,19). The number of hydrogen-bond donors (Lipinski definition) is 2. The fourth-order valence-corrected chi connectivity index (χ4v) is 3.79. The fourth-order valence-electron chi connectivity index (χ4n) is 2.85. The Morgan fingerprint density at radius 3 is 2.45 bits per heavy atom. The molecule has 1 saturated carbocycles. The van der Waals surface area contributed by atoms with E-state index in [0.29, 0.717) is 10.3 Å². The molecule has 110 valence electrons. The van der Waals surface area contributed by atoms with Crippen LogP contribution in [0.3, 0.4) is 0 Å². The molecular formula is C16H23NO2S. The maximum absolute atomic E-state index is 10.8. The number of nitrogens with one attached hydrogen (secondary N) is 1. The molecule has 1 fully saturated rings. The molecule has 0 atom stereocenters. The van der Waals surface area contributed by atoms with Gasteiger partial charge in [-0.1, -0.05) is 31.4 Å². The monoisotopic (exact) mass is 293 g/mol. The van der Waals surface area contributed by atoms with Gasteiger partial charge in [0.15, 0.2) is 0 Å². The zero-order valence-corrected chi connectivity index (χ0v) is 12.8. The minimum Gasteiger partial charge on any atom is -0.478 e. The van der Waals surface area contributed by atoms with E-state index < -0.39 is 5.97 Å². The number of thioether (sulfide) groups is 1. The van der Waals surface area contributed by atoms with Gasteiger partial charge in [-0.05, 0) is 36.8 Å². The summed E-state index contributed by atoms with van der Waals surface area (Å²) in [6.07, 6.45) is 8.89. The molecule has 0 bridgehead atoms. The third-order valence-electron chi connectivity index (χ3n) is 4.17. The van der Waals surface area contributed by atoms with E-state index in [1.807, 2.05) is 23.9 Å². The maximum atomic E-state index is 10.8. The Morgan fingerprint density at radius 1 is 1.25 bits per heavy atom. The molecule has 0 radical (unpaired) electrons. The highest BCUT2D eigenvalue weighted by molar-refractivity contribution is 8.00. The summed E-state index contributed by atoms with van der Waals surface area (Å²) < 4.78 is 0.402. The molecule has 0 aromatic heterocycles. The predicted molar refractivity (Wildman–Crippen MR) is 84.4 cm³/mol. The van der Waals surface area contributed by atoms with Crippen molar-refractivity contribution in [3.05, 3.63) is 35.4 Å². The van der Waals surface area contributed by atoms with Crippen LogP contribution in [0, 0.1) is 0 Å². The topological polar surface area (TPSA) is 49.3 Å². The number of carboxylic acids is 1. The van der Waals surface area contributed by atoms with Crippen molar-refractivity contribution < 1.29 is 9.90 Å². The van der Waals surface area contributed by atoms with E-state index in [1.165, 1.54) is 32.1 Å². The van der Waals surface area contributed by atoms with Crippen LogP contribution < -0.4 is 5.32 Å². The Kier molecular flexibility index (Phi) is 5.49. The summed E-state index contributed by atoms with van der Waals surface area (Å²) in [6.45, 7) is 1.84. The van der Waals surface area contributed by atoms with Crippen LogP contribution >= 0.6 is 11.8 Å². The molecule has 1 aliphatic rings. The second kappa shape index (κ2) is 7.14. The van der Waals surface area contributed by atoms with Gasteiger partial charge in [-0.3, -0.25) is 0 Å². The molecule has 0 spiro atoms. The zero-order valence-electron chi connectivity index (χ0n) is 12.0. The molecule has 3 nitrogen and oxygen atoms in total. The van der Waals surface area contributed by atoms with Crippen LogP contribution in [0.5, 0.6) is 0 Å². The number of carboxylic acid groups (broad SMARTS) is 1. The van der Waals surface area contributed by atoms with Crippen LogP contribution in [-0.2, 0) is 6.54 Å². The summed E-state index contributed by atoms with van der Waals surface area (Å²) in [5.41, 5.74) is 1.49. The van der Waals surface area contributed by atoms with Crippen molar-refractivity contribution in [1.29, 1.82) is 0 Å². The van der Waals surface area contributed by atoms with E-state index in [2.05, 4.69) is 11.6 Å². The number of hydrogen-bond acceptors (Lipinski definition) is 3. The average molecular weight is 293 g/mol. The van der Waals surface area contributed by atoms with Crippen LogP contribution in [0.4, 0.5) is 0 Å². The van der Waals surface area contributed by atoms with Crippen LogP contribution in [0.25, 0.3) is 0 Å². The second-order valence-corrected chi connectivity index (χ2v) is 6.83. The molecule has 1 aliphatic carbocycles. The van der Waals surface area contributed by atoms with E-state index in [-0.39, 0.29) is 0 Å². The lowest BCUT2D eigenvalue weighted by molar-refractivity contribution is 0.0697. The Bertz CT molecular complexity index is 438. The summed E-state index contributed by atoms with van der Waals surface area (Å²) >= 11 is 1.99. The molecule has 1 aromatic carbocycles. The van der Waals surface area contributed by atoms with Crippen molar-refractivity contribution in [2.45, 2.75) is 43.4 Å². The summed E-state index contributed by atoms with van der Waals surface area (Å²) in [6, 6.07) is 7.13. The predicted octanol–water partition coefficient (Wildman–Crippen LogP) is 3.54. The van der Waals surface area contributed by atoms with Crippen molar-refractivity contribution in [2.75, 3.05) is 12.8 Å². The number of aromatic carboxylic acids is 1. The van der Waals surface area contributed by atoms with Gasteiger partial charge in [-0.15, -0.1) is 0 Å². The fraction of sp³-hybridized carbons (Fsp3) is 0.562. The zero-order chi connectivity index (χ0) is 14.4. The number of benzene rings is 1. The van der Waals surface area contributed by atoms with Crippen LogP contribution in [0.2, 0.25) is 0 Å². The van der Waals surface area contributed by atoms with Gasteiger partial charge in [0.1, 0.15) is 0 Å². The first-order chi connectivity index (χ1) is 9.65. The molecule has 0 aliphatic heterocycles. The second-order valence-electron chi connectivity index (χ2n) is 5.55. The average Bonchev–Trinajstić information content (AvgIpc) is 2.49. The van der Waals surface area contributed by atoms with E-state index >= 15 is 0 Å². The lowest BCUT2D eigenvalue weighted by Crippen LogP contribution is -2.39. The molecule has 0 saturated heterocycles. The number of carbonyl (C=O) groups is 1. The van der Waals surface area contributed by atoms with Gasteiger partial charge in [0.25, 0.3) is 0 Å².